The van der Waals surface area contributed by atoms with Gasteiger partial charge in [-0.15, -0.1) is 0 Å². The van der Waals surface area contributed by atoms with Gasteiger partial charge in [0.15, 0.2) is 0 Å². The maximum atomic E-state index is 14.1. The van der Waals surface area contributed by atoms with Crippen molar-refractivity contribution < 1.29 is 24.1 Å². The van der Waals surface area contributed by atoms with Crippen molar-refractivity contribution in [3.8, 4) is 5.75 Å². The molecule has 3 rings (SSSR count). The molecule has 0 bridgehead atoms. The molecule has 0 aliphatic heterocycles. The molecule has 0 radical (unpaired) electrons. The van der Waals surface area contributed by atoms with Gasteiger partial charge < -0.3 is 24.8 Å². The zero-order valence-electron chi connectivity index (χ0n) is 16.1. The lowest BCUT2D eigenvalue weighted by atomic mass is 10.0. The van der Waals surface area contributed by atoms with Gasteiger partial charge in [0.1, 0.15) is 11.6 Å². The molecule has 0 aliphatic rings. The van der Waals surface area contributed by atoms with E-state index in [1.54, 1.807) is 0 Å². The number of imidazole rings is 1. The predicted molar refractivity (Wildman–Crippen MR) is 105 cm³/mol. The van der Waals surface area contributed by atoms with Gasteiger partial charge in [0, 0.05) is 12.6 Å². The molecule has 154 valence electrons. The van der Waals surface area contributed by atoms with Gasteiger partial charge in [-0.2, -0.15) is 0 Å². The first-order valence-electron chi connectivity index (χ1n) is 9.36. The van der Waals surface area contributed by atoms with Crippen LogP contribution in [0, 0.1) is 11.7 Å². The Kier molecular flexibility index (Phi) is 6.46. The summed E-state index contributed by atoms with van der Waals surface area (Å²) in [5.74, 6) is -3.08. The Morgan fingerprint density at radius 1 is 1.34 bits per heavy atom. The van der Waals surface area contributed by atoms with Crippen LogP contribution in [0.4, 0.5) is 4.39 Å². The molecule has 7 nitrogen and oxygen atoms in total. The van der Waals surface area contributed by atoms with Crippen LogP contribution in [0.1, 0.15) is 18.9 Å². The first kappa shape index (κ1) is 20.8. The fraction of sp³-hybridized carbons (Fsp3) is 0.333. The number of aromatic nitrogens is 2. The summed E-state index contributed by atoms with van der Waals surface area (Å²) >= 11 is 0. The second-order valence-electron chi connectivity index (χ2n) is 7.11. The van der Waals surface area contributed by atoms with E-state index in [0.717, 1.165) is 30.1 Å². The summed E-state index contributed by atoms with van der Waals surface area (Å²) in [5.41, 5.74) is 1.79. The van der Waals surface area contributed by atoms with Crippen molar-refractivity contribution >= 4 is 17.5 Å². The second kappa shape index (κ2) is 9.02. The van der Waals surface area contributed by atoms with Gasteiger partial charge in [0.05, 0.1) is 29.5 Å². The Bertz CT molecular complexity index is 977. The van der Waals surface area contributed by atoms with Gasteiger partial charge in [-0.1, -0.05) is 19.1 Å². The summed E-state index contributed by atoms with van der Waals surface area (Å²) in [6, 6.07) is 11.2. The molecule has 0 spiro atoms. The summed E-state index contributed by atoms with van der Waals surface area (Å²) in [5, 5.41) is 23.0. The van der Waals surface area contributed by atoms with E-state index < -0.39 is 11.6 Å². The minimum absolute atomic E-state index is 0.0710. The first-order chi connectivity index (χ1) is 13.9. The molecule has 2 atom stereocenters. The maximum Gasteiger partial charge on any atom is 0.295 e. The number of nitrogens with one attached hydrogen (secondary N) is 1. The van der Waals surface area contributed by atoms with Crippen molar-refractivity contribution in [1.29, 1.82) is 0 Å². The zero-order chi connectivity index (χ0) is 20.9. The lowest BCUT2D eigenvalue weighted by Crippen LogP contribution is -2.42. The van der Waals surface area contributed by atoms with Crippen LogP contribution in [0.2, 0.25) is 0 Å². The third kappa shape index (κ3) is 4.90. The first-order valence-corrected chi connectivity index (χ1v) is 9.36. The number of halogens is 1. The van der Waals surface area contributed by atoms with Crippen molar-refractivity contribution in [3.63, 3.8) is 0 Å². The number of carbonyl (C=O) groups is 1. The Labute approximate surface area is 167 Å². The monoisotopic (exact) mass is 401 g/mol. The number of nitrogens with zero attached hydrogens (tertiary/aromatic N) is 2. The van der Waals surface area contributed by atoms with Crippen molar-refractivity contribution in [1.82, 2.24) is 14.9 Å². The average Bonchev–Trinajstić information content (AvgIpc) is 3.09. The molecule has 1 heterocycles. The van der Waals surface area contributed by atoms with Gasteiger partial charge in [0.25, 0.3) is 12.3 Å². The molecule has 3 aromatic rings. The number of aromatic hydroxyl groups is 1. The Hall–Kier alpha value is -2.97. The quantitative estimate of drug-likeness (QED) is 0.357. The zero-order valence-corrected chi connectivity index (χ0v) is 16.1. The largest absolute Gasteiger partial charge is 0.508 e. The van der Waals surface area contributed by atoms with Crippen LogP contribution in [-0.4, -0.2) is 39.3 Å². The smallest absolute Gasteiger partial charge is 0.295 e. The van der Waals surface area contributed by atoms with Crippen LogP contribution < -0.4 is 5.32 Å². The summed E-state index contributed by atoms with van der Waals surface area (Å²) in [7, 11) is 0. The van der Waals surface area contributed by atoms with Crippen LogP contribution in [-0.2, 0) is 21.9 Å². The highest BCUT2D eigenvalue weighted by atomic mass is 19.1. The highest BCUT2D eigenvalue weighted by Gasteiger charge is 2.34. The number of benzene rings is 2. The fourth-order valence-corrected chi connectivity index (χ4v) is 3.24. The average molecular weight is 401 g/mol. The number of aryl methyl sites for hydroxylation is 1. The summed E-state index contributed by atoms with van der Waals surface area (Å²) in [6.07, 6.45) is 2.67. The number of carbonyl (C=O) groups excluding carboxylic acids is 1. The van der Waals surface area contributed by atoms with Crippen molar-refractivity contribution in [2.45, 2.75) is 25.7 Å². The van der Waals surface area contributed by atoms with Crippen LogP contribution >= 0.6 is 0 Å². The highest BCUT2D eigenvalue weighted by Crippen LogP contribution is 2.27. The van der Waals surface area contributed by atoms with Crippen LogP contribution in [0.3, 0.4) is 0 Å². The van der Waals surface area contributed by atoms with Gasteiger partial charge in [-0.3, -0.25) is 4.79 Å². The molecular weight excluding hydrogens is 377 g/mol. The molecule has 1 aromatic heterocycles. The normalized spacial score (nSPS) is 14.4. The standard InChI is InChI=1S/C21H24FN3O4/c1-15(8-9-25-13-24-19-4-2-3-5-20(19)25)11-23-12-21(28,29-14-26)17-7-6-16(27)10-18(17)22/h2-7,10,13-15,23,27-28H,8-9,11-12H2,1H3. The molecule has 0 fully saturated rings. The lowest BCUT2D eigenvalue weighted by molar-refractivity contribution is -0.200. The number of rotatable bonds is 10. The molecule has 8 heteroatoms. The van der Waals surface area contributed by atoms with Crippen molar-refractivity contribution in [3.05, 3.63) is 60.2 Å². The topological polar surface area (TPSA) is 96.6 Å². The van der Waals surface area contributed by atoms with Gasteiger partial charge in [-0.25, -0.2) is 9.37 Å². The van der Waals surface area contributed by atoms with Crippen LogP contribution in [0.25, 0.3) is 11.0 Å². The fourth-order valence-electron chi connectivity index (χ4n) is 3.24. The summed E-state index contributed by atoms with van der Waals surface area (Å²) < 4.78 is 21.0. The predicted octanol–water partition coefficient (Wildman–Crippen LogP) is 2.52. The minimum Gasteiger partial charge on any atom is -0.508 e. The number of para-hydroxylation sites is 2. The number of hydrogen-bond acceptors (Lipinski definition) is 6. The van der Waals surface area contributed by atoms with E-state index in [1.807, 2.05) is 37.5 Å². The Morgan fingerprint density at radius 2 is 2.14 bits per heavy atom. The van der Waals surface area contributed by atoms with Gasteiger partial charge >= 0.3 is 0 Å². The third-order valence-electron chi connectivity index (χ3n) is 4.86. The molecular formula is C21H24FN3O4. The minimum atomic E-state index is -2.17. The SMILES string of the molecule is CC(CCn1cnc2ccccc21)CNCC(O)(OC=O)c1ccc(O)cc1F. The number of phenolic OH excluding ortho intramolecular Hbond substituents is 1. The molecule has 3 N–H and O–H groups in total. The number of phenols is 1. The van der Waals surface area contributed by atoms with Crippen LogP contribution in [0.5, 0.6) is 5.75 Å². The van der Waals surface area contributed by atoms with E-state index in [4.69, 9.17) is 4.74 Å². The third-order valence-corrected chi connectivity index (χ3v) is 4.86. The van der Waals surface area contributed by atoms with Crippen molar-refractivity contribution in [2.75, 3.05) is 13.1 Å². The molecule has 0 saturated heterocycles. The maximum absolute atomic E-state index is 14.1. The second-order valence-corrected chi connectivity index (χ2v) is 7.11. The number of fused-ring (bicyclic) bond motifs is 1. The van der Waals surface area contributed by atoms with Crippen LogP contribution in [0.15, 0.2) is 48.8 Å². The summed E-state index contributed by atoms with van der Waals surface area (Å²) in [6.45, 7) is 3.24. The molecule has 29 heavy (non-hydrogen) atoms. The Morgan fingerprint density at radius 3 is 2.90 bits per heavy atom. The number of aliphatic hydroxyl groups is 1. The van der Waals surface area contributed by atoms with E-state index >= 15 is 0 Å². The van der Waals surface area contributed by atoms with E-state index in [1.165, 1.54) is 12.1 Å². The van der Waals surface area contributed by atoms with E-state index in [2.05, 4.69) is 14.9 Å². The molecule has 0 aliphatic carbocycles. The van der Waals surface area contributed by atoms with E-state index in [0.29, 0.717) is 6.54 Å². The number of hydrogen-bond donors (Lipinski definition) is 3. The molecule has 0 saturated carbocycles. The lowest BCUT2D eigenvalue weighted by Gasteiger charge is -2.27. The van der Waals surface area contributed by atoms with E-state index in [9.17, 15) is 19.4 Å². The van der Waals surface area contributed by atoms with E-state index in [-0.39, 0.29) is 30.2 Å². The molecule has 0 amide bonds. The van der Waals surface area contributed by atoms with Gasteiger partial charge in [-0.05, 0) is 43.1 Å². The molecule has 2 unspecified atom stereocenters. The van der Waals surface area contributed by atoms with Gasteiger partial charge in [0.2, 0.25) is 0 Å². The van der Waals surface area contributed by atoms with Crippen molar-refractivity contribution in [2.24, 2.45) is 5.92 Å². The Balaban J connectivity index is 1.55. The summed E-state index contributed by atoms with van der Waals surface area (Å²) in [4.78, 5) is 15.2. The molecule has 2 aromatic carbocycles. The highest BCUT2D eigenvalue weighted by molar-refractivity contribution is 5.74. The number of ether oxygens (including phenoxy) is 1.